The highest BCUT2D eigenvalue weighted by molar-refractivity contribution is 5.95. The number of fused-ring (bicyclic) bond motifs is 1. The van der Waals surface area contributed by atoms with E-state index < -0.39 is 5.60 Å². The van der Waals surface area contributed by atoms with E-state index in [4.69, 9.17) is 9.47 Å². The third kappa shape index (κ3) is 4.53. The Bertz CT molecular complexity index is 719. The minimum Gasteiger partial charge on any atom is -0.482 e. The van der Waals surface area contributed by atoms with Gasteiger partial charge in [-0.15, -0.1) is 0 Å². The van der Waals surface area contributed by atoms with Crippen molar-refractivity contribution < 1.29 is 19.1 Å². The van der Waals surface area contributed by atoms with Gasteiger partial charge in [0.15, 0.2) is 6.61 Å². The maximum Gasteiger partial charge on any atom is 0.410 e. The second-order valence-electron chi connectivity index (χ2n) is 7.40. The van der Waals surface area contributed by atoms with Gasteiger partial charge in [-0.25, -0.2) is 4.79 Å². The van der Waals surface area contributed by atoms with Crippen LogP contribution in [0.5, 0.6) is 5.75 Å². The Balaban J connectivity index is 1.72. The minimum absolute atomic E-state index is 0.0539. The molecule has 0 radical (unpaired) electrons. The summed E-state index contributed by atoms with van der Waals surface area (Å²) in [6.07, 6.45) is 3.65. The standard InChI is InChI=1S/C19H24N2O4/c1-19(2,3)25-18(23)21-8-4-5-14(11-21)9-13-6-7-16-15(10-13)20-17(22)12-24-16/h6-7,9-10H,4-5,8,11-12H2,1-3H3,(H,20,22)/b14-9+. The van der Waals surface area contributed by atoms with Crippen molar-refractivity contribution in [3.05, 3.63) is 29.3 Å². The molecule has 25 heavy (non-hydrogen) atoms. The Morgan fingerprint density at radius 1 is 1.36 bits per heavy atom. The van der Waals surface area contributed by atoms with Crippen molar-refractivity contribution in [2.24, 2.45) is 0 Å². The van der Waals surface area contributed by atoms with E-state index in [0.717, 1.165) is 18.4 Å². The number of hydrogen-bond donors (Lipinski definition) is 1. The van der Waals surface area contributed by atoms with Crippen LogP contribution in [0.1, 0.15) is 39.2 Å². The summed E-state index contributed by atoms with van der Waals surface area (Å²) in [5.74, 6) is 0.534. The van der Waals surface area contributed by atoms with Crippen LogP contribution in [0.2, 0.25) is 0 Å². The van der Waals surface area contributed by atoms with Gasteiger partial charge in [0.2, 0.25) is 0 Å². The van der Waals surface area contributed by atoms with Crippen LogP contribution >= 0.6 is 0 Å². The Morgan fingerprint density at radius 3 is 2.92 bits per heavy atom. The summed E-state index contributed by atoms with van der Waals surface area (Å²) < 4.78 is 10.8. The second kappa shape index (κ2) is 6.78. The molecule has 1 aromatic carbocycles. The quantitative estimate of drug-likeness (QED) is 0.847. The Hall–Kier alpha value is -2.50. The van der Waals surface area contributed by atoms with E-state index in [0.29, 0.717) is 24.5 Å². The summed E-state index contributed by atoms with van der Waals surface area (Å²) in [6, 6.07) is 5.71. The molecule has 0 saturated carbocycles. The van der Waals surface area contributed by atoms with E-state index in [-0.39, 0.29) is 18.6 Å². The number of rotatable bonds is 1. The zero-order chi connectivity index (χ0) is 18.0. The van der Waals surface area contributed by atoms with Crippen molar-refractivity contribution in [2.75, 3.05) is 25.0 Å². The lowest BCUT2D eigenvalue weighted by Crippen LogP contribution is -2.40. The number of nitrogens with one attached hydrogen (secondary N) is 1. The van der Waals surface area contributed by atoms with Gasteiger partial charge in [0, 0.05) is 13.1 Å². The molecule has 2 heterocycles. The van der Waals surface area contributed by atoms with Crippen LogP contribution in [0.25, 0.3) is 6.08 Å². The Kier molecular flexibility index (Phi) is 4.70. The normalized spacial score (nSPS) is 19.1. The number of likely N-dealkylation sites (tertiary alicyclic amines) is 1. The number of ether oxygens (including phenoxy) is 2. The molecule has 0 aliphatic carbocycles. The average molecular weight is 344 g/mol. The Labute approximate surface area is 147 Å². The zero-order valence-electron chi connectivity index (χ0n) is 14.9. The van der Waals surface area contributed by atoms with Crippen molar-refractivity contribution in [1.82, 2.24) is 4.90 Å². The predicted octanol–water partition coefficient (Wildman–Crippen LogP) is 3.43. The maximum atomic E-state index is 12.3. The van der Waals surface area contributed by atoms with Gasteiger partial charge >= 0.3 is 6.09 Å². The lowest BCUT2D eigenvalue weighted by molar-refractivity contribution is -0.118. The molecular weight excluding hydrogens is 320 g/mol. The van der Waals surface area contributed by atoms with Crippen LogP contribution in [0.3, 0.4) is 0 Å². The zero-order valence-corrected chi connectivity index (χ0v) is 14.9. The van der Waals surface area contributed by atoms with Gasteiger partial charge in [-0.2, -0.15) is 0 Å². The van der Waals surface area contributed by atoms with Crippen LogP contribution in [-0.4, -0.2) is 42.2 Å². The molecule has 6 nitrogen and oxygen atoms in total. The van der Waals surface area contributed by atoms with Gasteiger partial charge in [0.1, 0.15) is 11.4 Å². The van der Waals surface area contributed by atoms with Gasteiger partial charge in [-0.1, -0.05) is 17.7 Å². The highest BCUT2D eigenvalue weighted by Gasteiger charge is 2.25. The van der Waals surface area contributed by atoms with Crippen LogP contribution in [0.15, 0.2) is 23.8 Å². The van der Waals surface area contributed by atoms with E-state index in [1.165, 1.54) is 5.57 Å². The molecule has 1 aromatic rings. The van der Waals surface area contributed by atoms with Crippen molar-refractivity contribution in [2.45, 2.75) is 39.2 Å². The predicted molar refractivity (Wildman–Crippen MR) is 95.6 cm³/mol. The maximum absolute atomic E-state index is 12.3. The molecule has 0 unspecified atom stereocenters. The average Bonchev–Trinajstić information content (AvgIpc) is 2.53. The monoisotopic (exact) mass is 344 g/mol. The van der Waals surface area contributed by atoms with Gasteiger partial charge in [-0.05, 0) is 51.3 Å². The minimum atomic E-state index is -0.491. The molecule has 0 atom stereocenters. The molecular formula is C19H24N2O4. The first-order valence-electron chi connectivity index (χ1n) is 8.54. The second-order valence-corrected chi connectivity index (χ2v) is 7.40. The summed E-state index contributed by atoms with van der Waals surface area (Å²) in [5, 5.41) is 2.81. The SMILES string of the molecule is CC(C)(C)OC(=O)N1CCC/C(=C\c2ccc3c(c2)NC(=O)CO3)C1. The summed E-state index contributed by atoms with van der Waals surface area (Å²) >= 11 is 0. The van der Waals surface area contributed by atoms with Gasteiger partial charge < -0.3 is 19.7 Å². The third-order valence-corrected chi connectivity index (χ3v) is 3.98. The first-order chi connectivity index (χ1) is 11.8. The fourth-order valence-corrected chi connectivity index (χ4v) is 2.93. The third-order valence-electron chi connectivity index (χ3n) is 3.98. The fraction of sp³-hybridized carbons (Fsp3) is 0.474. The molecule has 3 rings (SSSR count). The number of benzene rings is 1. The topological polar surface area (TPSA) is 67.9 Å². The molecule has 2 aliphatic heterocycles. The van der Waals surface area contributed by atoms with Crippen LogP contribution in [0, 0.1) is 0 Å². The molecule has 1 saturated heterocycles. The molecule has 2 amide bonds. The summed E-state index contributed by atoms with van der Waals surface area (Å²) in [7, 11) is 0. The molecule has 134 valence electrons. The lowest BCUT2D eigenvalue weighted by Gasteiger charge is -2.31. The summed E-state index contributed by atoms with van der Waals surface area (Å²) in [6.45, 7) is 6.94. The van der Waals surface area contributed by atoms with E-state index in [9.17, 15) is 9.59 Å². The number of piperidine rings is 1. The molecule has 0 bridgehead atoms. The molecule has 0 aromatic heterocycles. The van der Waals surface area contributed by atoms with Crippen molar-refractivity contribution in [3.63, 3.8) is 0 Å². The van der Waals surface area contributed by atoms with Crippen LogP contribution in [-0.2, 0) is 9.53 Å². The first-order valence-corrected chi connectivity index (χ1v) is 8.54. The number of hydrogen-bond acceptors (Lipinski definition) is 4. The number of carbonyl (C=O) groups is 2. The number of anilines is 1. The van der Waals surface area contributed by atoms with E-state index in [2.05, 4.69) is 11.4 Å². The van der Waals surface area contributed by atoms with Crippen molar-refractivity contribution in [3.8, 4) is 5.75 Å². The molecule has 2 aliphatic rings. The van der Waals surface area contributed by atoms with E-state index >= 15 is 0 Å². The molecule has 1 N–H and O–H groups in total. The first kappa shape index (κ1) is 17.3. The largest absolute Gasteiger partial charge is 0.482 e. The van der Waals surface area contributed by atoms with E-state index in [1.807, 2.05) is 39.0 Å². The molecule has 1 fully saturated rings. The summed E-state index contributed by atoms with van der Waals surface area (Å²) in [5.41, 5.74) is 2.34. The number of carbonyl (C=O) groups excluding carboxylic acids is 2. The Morgan fingerprint density at radius 2 is 2.16 bits per heavy atom. The number of nitrogens with zero attached hydrogens (tertiary/aromatic N) is 1. The van der Waals surface area contributed by atoms with E-state index in [1.54, 1.807) is 4.90 Å². The lowest BCUT2D eigenvalue weighted by atomic mass is 10.0. The number of amides is 2. The van der Waals surface area contributed by atoms with Crippen LogP contribution in [0.4, 0.5) is 10.5 Å². The smallest absolute Gasteiger partial charge is 0.410 e. The van der Waals surface area contributed by atoms with Gasteiger partial charge in [0.05, 0.1) is 5.69 Å². The van der Waals surface area contributed by atoms with Gasteiger partial charge in [0.25, 0.3) is 5.91 Å². The molecule has 6 heteroatoms. The summed E-state index contributed by atoms with van der Waals surface area (Å²) in [4.78, 5) is 25.4. The highest BCUT2D eigenvalue weighted by atomic mass is 16.6. The highest BCUT2D eigenvalue weighted by Crippen LogP contribution is 2.30. The van der Waals surface area contributed by atoms with Crippen molar-refractivity contribution >= 4 is 23.8 Å². The van der Waals surface area contributed by atoms with Crippen molar-refractivity contribution in [1.29, 1.82) is 0 Å². The molecule has 0 spiro atoms. The fourth-order valence-electron chi connectivity index (χ4n) is 2.93. The van der Waals surface area contributed by atoms with Gasteiger partial charge in [-0.3, -0.25) is 4.79 Å². The van der Waals surface area contributed by atoms with Crippen LogP contribution < -0.4 is 10.1 Å².